The lowest BCUT2D eigenvalue weighted by Gasteiger charge is -2.26. The highest BCUT2D eigenvalue weighted by Crippen LogP contribution is 2.30. The van der Waals surface area contributed by atoms with Crippen molar-refractivity contribution in [2.75, 3.05) is 13.2 Å². The van der Waals surface area contributed by atoms with E-state index in [1.807, 2.05) is 19.1 Å². The maximum atomic E-state index is 12.7. The minimum absolute atomic E-state index is 0.0780. The Bertz CT molecular complexity index is 1170. The molecule has 0 aliphatic carbocycles. The number of benzene rings is 2. The van der Waals surface area contributed by atoms with Gasteiger partial charge in [0, 0.05) is 6.54 Å². The fourth-order valence-corrected chi connectivity index (χ4v) is 5.22. The van der Waals surface area contributed by atoms with Crippen molar-refractivity contribution in [3.8, 4) is 11.5 Å². The van der Waals surface area contributed by atoms with Gasteiger partial charge in [0.15, 0.2) is 11.5 Å². The van der Waals surface area contributed by atoms with Crippen LogP contribution in [0, 0.1) is 0 Å². The van der Waals surface area contributed by atoms with E-state index in [0.29, 0.717) is 22.7 Å². The van der Waals surface area contributed by atoms with Crippen molar-refractivity contribution in [2.45, 2.75) is 30.9 Å². The van der Waals surface area contributed by atoms with Crippen LogP contribution in [0.5, 0.6) is 11.5 Å². The van der Waals surface area contributed by atoms with Gasteiger partial charge in [-0.25, -0.2) is 13.1 Å². The van der Waals surface area contributed by atoms with Crippen molar-refractivity contribution in [3.63, 3.8) is 0 Å². The standard InChI is InChI=1S/C19H20N2O5S2/c1-2-9-21-15-8-7-14(10-18(15)27-19(21)22)28(23,24)20-11-13-12-25-16-5-3-4-6-17(16)26-13/h3-8,10,13,20H,2,9,11-12H2,1H3/t13-/m0/s1. The Balaban J connectivity index is 1.50. The zero-order chi connectivity index (χ0) is 19.7. The van der Waals surface area contributed by atoms with Crippen molar-refractivity contribution < 1.29 is 17.9 Å². The number of aryl methyl sites for hydroxylation is 1. The summed E-state index contributed by atoms with van der Waals surface area (Å²) < 4.78 is 41.7. The largest absolute Gasteiger partial charge is 0.486 e. The summed E-state index contributed by atoms with van der Waals surface area (Å²) in [6.45, 7) is 2.96. The van der Waals surface area contributed by atoms with E-state index in [1.54, 1.807) is 28.8 Å². The first-order valence-electron chi connectivity index (χ1n) is 8.99. The second-order valence-corrected chi connectivity index (χ2v) is 9.26. The molecule has 0 unspecified atom stereocenters. The highest BCUT2D eigenvalue weighted by Gasteiger charge is 2.24. The molecule has 148 valence electrons. The summed E-state index contributed by atoms with van der Waals surface area (Å²) in [7, 11) is -3.73. The maximum Gasteiger partial charge on any atom is 0.308 e. The minimum Gasteiger partial charge on any atom is -0.486 e. The molecule has 1 aromatic heterocycles. The number of nitrogens with zero attached hydrogens (tertiary/aromatic N) is 1. The molecule has 1 aliphatic heterocycles. The minimum atomic E-state index is -3.73. The highest BCUT2D eigenvalue weighted by atomic mass is 32.2. The maximum absolute atomic E-state index is 12.7. The van der Waals surface area contributed by atoms with Gasteiger partial charge < -0.3 is 9.47 Å². The lowest BCUT2D eigenvalue weighted by Crippen LogP contribution is -2.40. The van der Waals surface area contributed by atoms with Crippen molar-refractivity contribution in [1.82, 2.24) is 9.29 Å². The molecule has 2 heterocycles. The number of ether oxygens (including phenoxy) is 2. The number of hydrogen-bond acceptors (Lipinski definition) is 6. The van der Waals surface area contributed by atoms with E-state index in [9.17, 15) is 13.2 Å². The third kappa shape index (κ3) is 3.65. The summed E-state index contributed by atoms with van der Waals surface area (Å²) in [6, 6.07) is 12.0. The smallest absolute Gasteiger partial charge is 0.308 e. The topological polar surface area (TPSA) is 86.6 Å². The molecule has 3 aromatic rings. The summed E-state index contributed by atoms with van der Waals surface area (Å²) in [5.74, 6) is 1.25. The summed E-state index contributed by atoms with van der Waals surface area (Å²) in [5.41, 5.74) is 0.761. The SMILES string of the molecule is CCCn1c(=O)sc2cc(S(=O)(=O)NC[C@H]3COc4ccccc4O3)ccc21. The predicted octanol–water partition coefficient (Wildman–Crippen LogP) is 2.59. The van der Waals surface area contributed by atoms with Gasteiger partial charge in [-0.05, 0) is 36.8 Å². The molecule has 9 heteroatoms. The molecular formula is C19H20N2O5S2. The van der Waals surface area contributed by atoms with E-state index >= 15 is 0 Å². The van der Waals surface area contributed by atoms with E-state index < -0.39 is 16.1 Å². The van der Waals surface area contributed by atoms with Crippen LogP contribution in [0.3, 0.4) is 0 Å². The number of para-hydroxylation sites is 2. The zero-order valence-electron chi connectivity index (χ0n) is 15.3. The molecule has 0 bridgehead atoms. The van der Waals surface area contributed by atoms with E-state index in [0.717, 1.165) is 23.3 Å². The normalized spacial score (nSPS) is 16.4. The Kier molecular flexibility index (Phi) is 5.13. The number of aromatic nitrogens is 1. The lowest BCUT2D eigenvalue weighted by atomic mass is 10.2. The summed E-state index contributed by atoms with van der Waals surface area (Å²) in [5, 5.41) is 0. The number of sulfonamides is 1. The van der Waals surface area contributed by atoms with Gasteiger partial charge in [-0.3, -0.25) is 9.36 Å². The molecule has 0 amide bonds. The average Bonchev–Trinajstić information content (AvgIpc) is 3.01. The Morgan fingerprint density at radius 1 is 1.21 bits per heavy atom. The molecule has 0 spiro atoms. The van der Waals surface area contributed by atoms with Crippen LogP contribution in [0.1, 0.15) is 13.3 Å². The molecule has 4 rings (SSSR count). The van der Waals surface area contributed by atoms with Crippen LogP contribution in [0.2, 0.25) is 0 Å². The molecule has 7 nitrogen and oxygen atoms in total. The fraction of sp³-hybridized carbons (Fsp3) is 0.316. The predicted molar refractivity (Wildman–Crippen MR) is 108 cm³/mol. The van der Waals surface area contributed by atoms with Gasteiger partial charge in [0.25, 0.3) is 0 Å². The van der Waals surface area contributed by atoms with Gasteiger partial charge >= 0.3 is 4.87 Å². The zero-order valence-corrected chi connectivity index (χ0v) is 16.9. The number of thiazole rings is 1. The van der Waals surface area contributed by atoms with Crippen LogP contribution >= 0.6 is 11.3 Å². The van der Waals surface area contributed by atoms with Gasteiger partial charge in [-0.15, -0.1) is 0 Å². The molecule has 1 aliphatic rings. The summed E-state index contributed by atoms with van der Waals surface area (Å²) >= 11 is 1.06. The first-order valence-corrected chi connectivity index (χ1v) is 11.3. The quantitative estimate of drug-likeness (QED) is 0.662. The van der Waals surface area contributed by atoms with E-state index in [2.05, 4.69) is 4.72 Å². The average molecular weight is 421 g/mol. The molecule has 0 saturated carbocycles. The molecular weight excluding hydrogens is 400 g/mol. The van der Waals surface area contributed by atoms with Crippen LogP contribution in [0.25, 0.3) is 10.2 Å². The molecule has 28 heavy (non-hydrogen) atoms. The number of nitrogens with one attached hydrogen (secondary N) is 1. The van der Waals surface area contributed by atoms with Crippen LogP contribution in [0.4, 0.5) is 0 Å². The van der Waals surface area contributed by atoms with Gasteiger partial charge in [0.05, 0.1) is 21.7 Å². The highest BCUT2D eigenvalue weighted by molar-refractivity contribution is 7.89. The first-order chi connectivity index (χ1) is 13.5. The third-order valence-electron chi connectivity index (χ3n) is 4.47. The number of fused-ring (bicyclic) bond motifs is 2. The Morgan fingerprint density at radius 2 is 2.00 bits per heavy atom. The van der Waals surface area contributed by atoms with Crippen LogP contribution in [-0.4, -0.2) is 32.2 Å². The van der Waals surface area contributed by atoms with Crippen LogP contribution in [-0.2, 0) is 16.6 Å². The molecule has 1 N–H and O–H groups in total. The van der Waals surface area contributed by atoms with E-state index in [-0.39, 0.29) is 22.9 Å². The summed E-state index contributed by atoms with van der Waals surface area (Å²) in [6.07, 6.45) is 0.412. The monoisotopic (exact) mass is 420 g/mol. The summed E-state index contributed by atoms with van der Waals surface area (Å²) in [4.78, 5) is 12.2. The number of hydrogen-bond donors (Lipinski definition) is 1. The second-order valence-electron chi connectivity index (χ2n) is 6.50. The number of rotatable bonds is 6. The van der Waals surface area contributed by atoms with Crippen LogP contribution in [0.15, 0.2) is 52.2 Å². The van der Waals surface area contributed by atoms with Crippen molar-refractivity contribution in [2.24, 2.45) is 0 Å². The van der Waals surface area contributed by atoms with Crippen molar-refractivity contribution in [3.05, 3.63) is 52.1 Å². The molecule has 0 saturated heterocycles. The van der Waals surface area contributed by atoms with Crippen molar-refractivity contribution in [1.29, 1.82) is 0 Å². The third-order valence-corrected chi connectivity index (χ3v) is 6.83. The molecule has 0 fully saturated rings. The second kappa shape index (κ2) is 7.57. The van der Waals surface area contributed by atoms with E-state index in [1.165, 1.54) is 6.07 Å². The van der Waals surface area contributed by atoms with Gasteiger partial charge in [0.1, 0.15) is 12.7 Å². The Labute approximate surface area is 166 Å². The van der Waals surface area contributed by atoms with Gasteiger partial charge in [0.2, 0.25) is 10.0 Å². The molecule has 2 aromatic carbocycles. The Morgan fingerprint density at radius 3 is 2.79 bits per heavy atom. The van der Waals surface area contributed by atoms with Crippen LogP contribution < -0.4 is 19.1 Å². The van der Waals surface area contributed by atoms with Crippen molar-refractivity contribution >= 4 is 31.6 Å². The molecule has 0 radical (unpaired) electrons. The fourth-order valence-electron chi connectivity index (χ4n) is 3.10. The molecule has 1 atom stereocenters. The first kappa shape index (κ1) is 19.0. The van der Waals surface area contributed by atoms with Gasteiger partial charge in [-0.1, -0.05) is 30.4 Å². The lowest BCUT2D eigenvalue weighted by molar-refractivity contribution is 0.0943. The Hall–Kier alpha value is -2.36. The van der Waals surface area contributed by atoms with Gasteiger partial charge in [-0.2, -0.15) is 0 Å². The van der Waals surface area contributed by atoms with E-state index in [4.69, 9.17) is 9.47 Å².